The molecule has 1 rings (SSSR count). The molecule has 0 saturated heterocycles. The highest BCUT2D eigenvalue weighted by Gasteiger charge is 2.00. The molecular formula is C10H17N3O. The molecule has 0 heterocycles. The fourth-order valence-electron chi connectivity index (χ4n) is 1.26. The number of hydrogen-bond donors (Lipinski definition) is 4. The minimum Gasteiger partial charge on any atom is -0.399 e. The normalized spacial score (nSPS) is 12.7. The summed E-state index contributed by atoms with van der Waals surface area (Å²) < 4.78 is 0. The number of benzene rings is 1. The molecule has 4 heteroatoms. The van der Waals surface area contributed by atoms with E-state index in [0.717, 1.165) is 17.7 Å². The van der Waals surface area contributed by atoms with Gasteiger partial charge in [-0.25, -0.2) is 0 Å². The molecule has 0 aliphatic heterocycles. The summed E-state index contributed by atoms with van der Waals surface area (Å²) in [5, 5.41) is 11.9. The third-order valence-corrected chi connectivity index (χ3v) is 2.00. The van der Waals surface area contributed by atoms with Crippen molar-refractivity contribution in [1.29, 1.82) is 0 Å². The third-order valence-electron chi connectivity index (χ3n) is 2.00. The zero-order chi connectivity index (χ0) is 10.6. The van der Waals surface area contributed by atoms with Crippen molar-refractivity contribution in [1.82, 2.24) is 5.32 Å². The van der Waals surface area contributed by atoms with E-state index < -0.39 is 6.23 Å². The summed E-state index contributed by atoms with van der Waals surface area (Å²) in [4.78, 5) is 0. The topological polar surface area (TPSA) is 84.3 Å². The van der Waals surface area contributed by atoms with E-state index in [9.17, 15) is 0 Å². The van der Waals surface area contributed by atoms with E-state index in [4.69, 9.17) is 16.6 Å². The maximum Gasteiger partial charge on any atom is 0.102 e. The van der Waals surface area contributed by atoms with E-state index in [1.165, 1.54) is 0 Å². The van der Waals surface area contributed by atoms with Gasteiger partial charge in [-0.1, -0.05) is 0 Å². The van der Waals surface area contributed by atoms with Gasteiger partial charge in [0.15, 0.2) is 0 Å². The van der Waals surface area contributed by atoms with Gasteiger partial charge in [-0.15, -0.1) is 0 Å². The monoisotopic (exact) mass is 195 g/mol. The Labute approximate surface area is 83.9 Å². The molecule has 0 bridgehead atoms. The molecule has 0 aliphatic rings. The van der Waals surface area contributed by atoms with Crippen molar-refractivity contribution >= 4 is 11.4 Å². The lowest BCUT2D eigenvalue weighted by Crippen LogP contribution is -2.27. The molecule has 78 valence electrons. The van der Waals surface area contributed by atoms with Crippen LogP contribution in [0.15, 0.2) is 18.2 Å². The zero-order valence-electron chi connectivity index (χ0n) is 8.33. The average Bonchev–Trinajstić information content (AvgIpc) is 2.10. The van der Waals surface area contributed by atoms with Crippen molar-refractivity contribution in [2.24, 2.45) is 0 Å². The van der Waals surface area contributed by atoms with Crippen molar-refractivity contribution in [3.63, 3.8) is 0 Å². The lowest BCUT2D eigenvalue weighted by Gasteiger charge is -2.09. The lowest BCUT2D eigenvalue weighted by molar-refractivity contribution is 0.157. The Morgan fingerprint density at radius 2 is 2.14 bits per heavy atom. The summed E-state index contributed by atoms with van der Waals surface area (Å²) in [5.41, 5.74) is 13.9. The van der Waals surface area contributed by atoms with Gasteiger partial charge in [0.1, 0.15) is 6.23 Å². The maximum absolute atomic E-state index is 8.99. The number of nitrogens with one attached hydrogen (secondary N) is 1. The molecule has 1 unspecified atom stereocenters. The van der Waals surface area contributed by atoms with Crippen LogP contribution in [0.4, 0.5) is 11.4 Å². The zero-order valence-corrected chi connectivity index (χ0v) is 8.33. The molecule has 6 N–H and O–H groups in total. The first-order valence-electron chi connectivity index (χ1n) is 4.65. The lowest BCUT2D eigenvalue weighted by atomic mass is 10.1. The number of aliphatic hydroxyl groups excluding tert-OH is 1. The molecule has 1 atom stereocenters. The molecule has 1 aromatic carbocycles. The number of anilines is 2. The number of rotatable bonds is 4. The highest BCUT2D eigenvalue weighted by Crippen LogP contribution is 2.15. The Balaban J connectivity index is 2.53. The van der Waals surface area contributed by atoms with Gasteiger partial charge in [-0.2, -0.15) is 0 Å². The fourth-order valence-corrected chi connectivity index (χ4v) is 1.26. The molecule has 1 aromatic rings. The predicted molar refractivity (Wildman–Crippen MR) is 58.7 cm³/mol. The highest BCUT2D eigenvalue weighted by atomic mass is 16.3. The van der Waals surface area contributed by atoms with Crippen LogP contribution in [-0.2, 0) is 6.42 Å². The van der Waals surface area contributed by atoms with Crippen molar-refractivity contribution in [3.05, 3.63) is 23.8 Å². The van der Waals surface area contributed by atoms with Crippen LogP contribution in [0.2, 0.25) is 0 Å². The maximum atomic E-state index is 8.99. The average molecular weight is 195 g/mol. The van der Waals surface area contributed by atoms with Crippen molar-refractivity contribution in [3.8, 4) is 0 Å². The second-order valence-electron chi connectivity index (χ2n) is 3.34. The van der Waals surface area contributed by atoms with Crippen molar-refractivity contribution in [2.75, 3.05) is 18.0 Å². The first kappa shape index (κ1) is 10.8. The molecule has 0 radical (unpaired) electrons. The SMILES string of the molecule is CC(O)NCCc1cc(N)ccc1N. The molecule has 4 nitrogen and oxygen atoms in total. The molecule has 14 heavy (non-hydrogen) atoms. The Morgan fingerprint density at radius 1 is 1.43 bits per heavy atom. The molecule has 0 aromatic heterocycles. The third kappa shape index (κ3) is 3.24. The van der Waals surface area contributed by atoms with Crippen LogP contribution in [0, 0.1) is 0 Å². The van der Waals surface area contributed by atoms with Crippen molar-refractivity contribution < 1.29 is 5.11 Å². The van der Waals surface area contributed by atoms with Crippen LogP contribution >= 0.6 is 0 Å². The second kappa shape index (κ2) is 4.83. The summed E-state index contributed by atoms with van der Waals surface area (Å²) in [6.45, 7) is 2.37. The van der Waals surface area contributed by atoms with Gasteiger partial charge in [0, 0.05) is 17.9 Å². The van der Waals surface area contributed by atoms with E-state index in [-0.39, 0.29) is 0 Å². The largest absolute Gasteiger partial charge is 0.399 e. The number of hydrogen-bond acceptors (Lipinski definition) is 4. The molecule has 0 aliphatic carbocycles. The first-order valence-corrected chi connectivity index (χ1v) is 4.65. The molecule has 0 saturated carbocycles. The molecule has 0 fully saturated rings. The summed E-state index contributed by atoms with van der Waals surface area (Å²) in [6, 6.07) is 5.44. The Morgan fingerprint density at radius 3 is 2.79 bits per heavy atom. The number of nitrogens with two attached hydrogens (primary N) is 2. The van der Waals surface area contributed by atoms with E-state index in [2.05, 4.69) is 5.32 Å². The second-order valence-corrected chi connectivity index (χ2v) is 3.34. The minimum absolute atomic E-state index is 0.489. The van der Waals surface area contributed by atoms with E-state index >= 15 is 0 Å². The van der Waals surface area contributed by atoms with Crippen LogP contribution in [0.3, 0.4) is 0 Å². The quantitative estimate of drug-likeness (QED) is 0.412. The van der Waals surface area contributed by atoms with E-state index in [0.29, 0.717) is 12.2 Å². The molecular weight excluding hydrogens is 178 g/mol. The highest BCUT2D eigenvalue weighted by molar-refractivity contribution is 5.55. The van der Waals surface area contributed by atoms with E-state index in [1.54, 1.807) is 19.1 Å². The molecule has 0 amide bonds. The van der Waals surface area contributed by atoms with Crippen molar-refractivity contribution in [2.45, 2.75) is 19.6 Å². The van der Waals surface area contributed by atoms with Crippen LogP contribution in [0.5, 0.6) is 0 Å². The van der Waals surface area contributed by atoms with Gasteiger partial charge < -0.3 is 16.6 Å². The van der Waals surface area contributed by atoms with Gasteiger partial charge in [-0.3, -0.25) is 5.32 Å². The fraction of sp³-hybridized carbons (Fsp3) is 0.400. The standard InChI is InChI=1S/C10H17N3O/c1-7(14)13-5-4-8-6-9(11)2-3-10(8)12/h2-3,6-7,13-14H,4-5,11-12H2,1H3. The number of aliphatic hydroxyl groups is 1. The van der Waals surface area contributed by atoms with Gasteiger partial charge >= 0.3 is 0 Å². The van der Waals surface area contributed by atoms with Gasteiger partial charge in [0.25, 0.3) is 0 Å². The van der Waals surface area contributed by atoms with E-state index in [1.807, 2.05) is 6.07 Å². The van der Waals surface area contributed by atoms with Gasteiger partial charge in [0.2, 0.25) is 0 Å². The Bertz CT molecular complexity index is 299. The van der Waals surface area contributed by atoms with Crippen LogP contribution in [0.25, 0.3) is 0 Å². The summed E-state index contributed by atoms with van der Waals surface area (Å²) in [6.07, 6.45) is 0.277. The van der Waals surface area contributed by atoms with Crippen LogP contribution < -0.4 is 16.8 Å². The summed E-state index contributed by atoms with van der Waals surface area (Å²) in [5.74, 6) is 0. The predicted octanol–water partition coefficient (Wildman–Crippen LogP) is 0.321. The van der Waals surface area contributed by atoms with Crippen LogP contribution in [-0.4, -0.2) is 17.9 Å². The smallest absolute Gasteiger partial charge is 0.102 e. The van der Waals surface area contributed by atoms with Gasteiger partial charge in [0.05, 0.1) is 0 Å². The minimum atomic E-state index is -0.489. The van der Waals surface area contributed by atoms with Crippen LogP contribution in [0.1, 0.15) is 12.5 Å². The van der Waals surface area contributed by atoms with Gasteiger partial charge in [-0.05, 0) is 37.1 Å². The number of nitrogen functional groups attached to an aromatic ring is 2. The molecule has 0 spiro atoms. The summed E-state index contributed by atoms with van der Waals surface area (Å²) >= 11 is 0. The Hall–Kier alpha value is -1.26. The Kier molecular flexibility index (Phi) is 3.73. The first-order chi connectivity index (χ1) is 6.59. The summed E-state index contributed by atoms with van der Waals surface area (Å²) in [7, 11) is 0.